The SMILES string of the molecule is COc1ccc2ccc(F)c(C[C@@H](CO)CNC(=O)OC(C)(C)C)c2n1. The van der Waals surface area contributed by atoms with Crippen LogP contribution in [0.1, 0.15) is 26.3 Å². The second-order valence-corrected chi connectivity index (χ2v) is 7.09. The van der Waals surface area contributed by atoms with E-state index in [1.165, 1.54) is 13.2 Å². The third-order valence-electron chi connectivity index (χ3n) is 3.78. The van der Waals surface area contributed by atoms with Crippen LogP contribution in [0.25, 0.3) is 10.9 Å². The number of alkyl carbamates (subject to hydrolysis) is 1. The first-order chi connectivity index (χ1) is 12.2. The molecule has 1 aromatic carbocycles. The number of carbonyl (C=O) groups excluding carboxylic acids is 1. The number of fused-ring (bicyclic) bond motifs is 1. The van der Waals surface area contributed by atoms with Gasteiger partial charge in [0.1, 0.15) is 11.4 Å². The van der Waals surface area contributed by atoms with Gasteiger partial charge in [-0.15, -0.1) is 0 Å². The minimum atomic E-state index is -0.610. The number of rotatable bonds is 6. The van der Waals surface area contributed by atoms with Crippen LogP contribution in [0.15, 0.2) is 24.3 Å². The van der Waals surface area contributed by atoms with Crippen LogP contribution in [0.2, 0.25) is 0 Å². The van der Waals surface area contributed by atoms with E-state index in [9.17, 15) is 14.3 Å². The van der Waals surface area contributed by atoms with Gasteiger partial charge in [0, 0.05) is 36.1 Å². The maximum absolute atomic E-state index is 14.4. The normalized spacial score (nSPS) is 12.7. The average Bonchev–Trinajstić information content (AvgIpc) is 2.58. The standard InChI is InChI=1S/C19H25FN2O4/c1-19(2,3)26-18(24)21-10-12(11-23)9-14-15(20)7-5-13-6-8-16(25-4)22-17(13)14/h5-8,12,23H,9-11H2,1-4H3,(H,21,24)/t12-/m1/s1. The molecule has 0 saturated carbocycles. The fourth-order valence-corrected chi connectivity index (χ4v) is 2.54. The minimum absolute atomic E-state index is 0.158. The van der Waals surface area contributed by atoms with Gasteiger partial charge in [-0.05, 0) is 45.4 Å². The third kappa shape index (κ3) is 5.29. The molecular weight excluding hydrogens is 339 g/mol. The van der Waals surface area contributed by atoms with Crippen molar-refractivity contribution in [3.05, 3.63) is 35.6 Å². The van der Waals surface area contributed by atoms with E-state index >= 15 is 0 Å². The second-order valence-electron chi connectivity index (χ2n) is 7.09. The maximum Gasteiger partial charge on any atom is 0.407 e. The van der Waals surface area contributed by atoms with Gasteiger partial charge in [-0.1, -0.05) is 0 Å². The second kappa shape index (κ2) is 8.31. The Morgan fingerprint density at radius 2 is 2.00 bits per heavy atom. The molecule has 6 nitrogen and oxygen atoms in total. The number of aliphatic hydroxyl groups excluding tert-OH is 1. The van der Waals surface area contributed by atoms with Crippen LogP contribution < -0.4 is 10.1 Å². The molecule has 0 saturated heterocycles. The Morgan fingerprint density at radius 3 is 2.62 bits per heavy atom. The Labute approximate surface area is 152 Å². The zero-order valence-corrected chi connectivity index (χ0v) is 15.5. The predicted octanol–water partition coefficient (Wildman–Crippen LogP) is 3.06. The third-order valence-corrected chi connectivity index (χ3v) is 3.78. The largest absolute Gasteiger partial charge is 0.481 e. The van der Waals surface area contributed by atoms with Gasteiger partial charge in [-0.2, -0.15) is 0 Å². The quantitative estimate of drug-likeness (QED) is 0.823. The predicted molar refractivity (Wildman–Crippen MR) is 96.8 cm³/mol. The first-order valence-electron chi connectivity index (χ1n) is 8.43. The van der Waals surface area contributed by atoms with E-state index in [1.807, 2.05) is 0 Å². The lowest BCUT2D eigenvalue weighted by Crippen LogP contribution is -2.36. The summed E-state index contributed by atoms with van der Waals surface area (Å²) >= 11 is 0. The highest BCUT2D eigenvalue weighted by Crippen LogP contribution is 2.25. The van der Waals surface area contributed by atoms with E-state index in [0.29, 0.717) is 17.0 Å². The van der Waals surface area contributed by atoms with Crippen LogP contribution in [0, 0.1) is 11.7 Å². The average molecular weight is 364 g/mol. The molecule has 1 amide bonds. The highest BCUT2D eigenvalue weighted by molar-refractivity contribution is 5.82. The smallest absolute Gasteiger partial charge is 0.407 e. The number of halogens is 1. The van der Waals surface area contributed by atoms with Gasteiger partial charge < -0.3 is 19.9 Å². The molecule has 0 spiro atoms. The monoisotopic (exact) mass is 364 g/mol. The van der Waals surface area contributed by atoms with E-state index < -0.39 is 17.5 Å². The Kier molecular flexibility index (Phi) is 6.37. The molecule has 7 heteroatoms. The van der Waals surface area contributed by atoms with E-state index in [2.05, 4.69) is 10.3 Å². The van der Waals surface area contributed by atoms with Crippen molar-refractivity contribution in [1.29, 1.82) is 0 Å². The van der Waals surface area contributed by atoms with Crippen LogP contribution in [0.5, 0.6) is 5.88 Å². The molecule has 2 aromatic rings. The summed E-state index contributed by atoms with van der Waals surface area (Å²) in [7, 11) is 1.49. The fourth-order valence-electron chi connectivity index (χ4n) is 2.54. The lowest BCUT2D eigenvalue weighted by molar-refractivity contribution is 0.0512. The van der Waals surface area contributed by atoms with Crippen molar-refractivity contribution < 1.29 is 23.8 Å². The minimum Gasteiger partial charge on any atom is -0.481 e. The number of nitrogens with one attached hydrogen (secondary N) is 1. The van der Waals surface area contributed by atoms with Crippen molar-refractivity contribution in [1.82, 2.24) is 10.3 Å². The molecule has 26 heavy (non-hydrogen) atoms. The topological polar surface area (TPSA) is 80.7 Å². The van der Waals surface area contributed by atoms with Gasteiger partial charge in [0.15, 0.2) is 0 Å². The summed E-state index contributed by atoms with van der Waals surface area (Å²) in [5.74, 6) is -0.402. The van der Waals surface area contributed by atoms with Gasteiger partial charge in [-0.25, -0.2) is 14.2 Å². The Hall–Kier alpha value is -2.41. The molecule has 0 unspecified atom stereocenters. The van der Waals surface area contributed by atoms with Gasteiger partial charge in [-0.3, -0.25) is 0 Å². The van der Waals surface area contributed by atoms with Gasteiger partial charge in [0.05, 0.1) is 12.6 Å². The van der Waals surface area contributed by atoms with Crippen molar-refractivity contribution in [2.45, 2.75) is 32.8 Å². The first-order valence-corrected chi connectivity index (χ1v) is 8.43. The van der Waals surface area contributed by atoms with Crippen molar-refractivity contribution >= 4 is 17.0 Å². The van der Waals surface area contributed by atoms with Gasteiger partial charge in [0.25, 0.3) is 0 Å². The molecule has 0 radical (unpaired) electrons. The van der Waals surface area contributed by atoms with Crippen molar-refractivity contribution in [2.24, 2.45) is 5.92 Å². The highest BCUT2D eigenvalue weighted by atomic mass is 19.1. The van der Waals surface area contributed by atoms with Crippen molar-refractivity contribution in [3.63, 3.8) is 0 Å². The number of pyridine rings is 1. The molecule has 0 aliphatic rings. The maximum atomic E-state index is 14.4. The number of carbonyl (C=O) groups is 1. The number of ether oxygens (including phenoxy) is 2. The van der Waals surface area contributed by atoms with Crippen LogP contribution >= 0.6 is 0 Å². The summed E-state index contributed by atoms with van der Waals surface area (Å²) in [5, 5.41) is 13.0. The number of hydrogen-bond acceptors (Lipinski definition) is 5. The van der Waals surface area contributed by atoms with Crippen molar-refractivity contribution in [2.75, 3.05) is 20.3 Å². The van der Waals surface area contributed by atoms with E-state index in [1.54, 1.807) is 39.0 Å². The number of aromatic nitrogens is 1. The molecule has 0 aliphatic carbocycles. The van der Waals surface area contributed by atoms with E-state index in [4.69, 9.17) is 9.47 Å². The zero-order valence-electron chi connectivity index (χ0n) is 15.5. The molecule has 2 N–H and O–H groups in total. The van der Waals surface area contributed by atoms with E-state index in [0.717, 1.165) is 5.39 Å². The lowest BCUT2D eigenvalue weighted by Gasteiger charge is -2.21. The molecular formula is C19H25FN2O4. The number of hydrogen-bond donors (Lipinski definition) is 2. The summed E-state index contributed by atoms with van der Waals surface area (Å²) in [5.41, 5.74) is 0.257. The molecule has 0 fully saturated rings. The Bertz CT molecular complexity index is 774. The number of amides is 1. The van der Waals surface area contributed by atoms with Gasteiger partial charge >= 0.3 is 6.09 Å². The zero-order chi connectivity index (χ0) is 19.3. The summed E-state index contributed by atoms with van der Waals surface area (Å²) in [6.45, 7) is 5.24. The van der Waals surface area contributed by atoms with Crippen LogP contribution in [0.4, 0.5) is 9.18 Å². The molecule has 1 aromatic heterocycles. The molecule has 2 rings (SSSR count). The first kappa shape index (κ1) is 19.9. The van der Waals surface area contributed by atoms with Crippen LogP contribution in [0.3, 0.4) is 0 Å². The number of methoxy groups -OCH3 is 1. The van der Waals surface area contributed by atoms with Crippen LogP contribution in [-0.2, 0) is 11.2 Å². The summed E-state index contributed by atoms with van der Waals surface area (Å²) in [6, 6.07) is 6.53. The number of aliphatic hydroxyl groups is 1. The summed E-state index contributed by atoms with van der Waals surface area (Å²) < 4.78 is 24.7. The van der Waals surface area contributed by atoms with Crippen molar-refractivity contribution in [3.8, 4) is 5.88 Å². The molecule has 0 bridgehead atoms. The van der Waals surface area contributed by atoms with Gasteiger partial charge in [0.2, 0.25) is 5.88 Å². The molecule has 1 heterocycles. The van der Waals surface area contributed by atoms with E-state index in [-0.39, 0.29) is 25.5 Å². The van der Waals surface area contributed by atoms with Crippen LogP contribution in [-0.4, -0.2) is 42.0 Å². The number of nitrogens with zero attached hydrogens (tertiary/aromatic N) is 1. The highest BCUT2D eigenvalue weighted by Gasteiger charge is 2.19. The Balaban J connectivity index is 2.17. The molecule has 142 valence electrons. The lowest BCUT2D eigenvalue weighted by atomic mass is 9.97. The fraction of sp³-hybridized carbons (Fsp3) is 0.474. The Morgan fingerprint density at radius 1 is 1.31 bits per heavy atom. The summed E-state index contributed by atoms with van der Waals surface area (Å²) in [4.78, 5) is 16.1. The number of benzene rings is 1. The molecule has 1 atom stereocenters. The summed E-state index contributed by atoms with van der Waals surface area (Å²) in [6.07, 6.45) is -0.357. The molecule has 0 aliphatic heterocycles.